The van der Waals surface area contributed by atoms with E-state index in [0.717, 1.165) is 5.56 Å². The number of nitrogens with zero attached hydrogens (tertiary/aromatic N) is 1. The third-order valence-electron chi connectivity index (χ3n) is 5.11. The summed E-state index contributed by atoms with van der Waals surface area (Å²) in [5.74, 6) is -1.07. The fourth-order valence-electron chi connectivity index (χ4n) is 3.38. The van der Waals surface area contributed by atoms with Crippen molar-refractivity contribution < 1.29 is 27.5 Å². The van der Waals surface area contributed by atoms with Crippen LogP contribution in [0.4, 0.5) is 0 Å². The van der Waals surface area contributed by atoms with E-state index in [0.29, 0.717) is 6.42 Å². The maximum absolute atomic E-state index is 12.9. The smallest absolute Gasteiger partial charge is 0.244 e. The molecule has 1 atom stereocenters. The number of carbonyl (C=O) groups excluding carboxylic acids is 3. The number of likely N-dealkylation sites (N-methyl/N-ethyl adjacent to an activating group) is 1. The minimum atomic E-state index is -4.06. The number of nitrogens with one attached hydrogen (secondary N) is 3. The molecule has 2 amide bonds. The molecule has 2 rings (SSSR count). The molecular formula is C26H36N4O6S. The van der Waals surface area contributed by atoms with Crippen molar-refractivity contribution in [3.63, 3.8) is 0 Å². The minimum absolute atomic E-state index is 0.0941. The van der Waals surface area contributed by atoms with Crippen molar-refractivity contribution in [3.05, 3.63) is 60.2 Å². The second-order valence-corrected chi connectivity index (χ2v) is 11.0. The van der Waals surface area contributed by atoms with Crippen LogP contribution < -0.4 is 20.1 Å². The number of para-hydroxylation sites is 1. The van der Waals surface area contributed by atoms with E-state index in [1.807, 2.05) is 44.2 Å². The van der Waals surface area contributed by atoms with Gasteiger partial charge in [0.25, 0.3) is 0 Å². The predicted molar refractivity (Wildman–Crippen MR) is 140 cm³/mol. The molecule has 0 fully saturated rings. The van der Waals surface area contributed by atoms with Crippen LogP contribution in [0.5, 0.6) is 5.75 Å². The first-order valence-electron chi connectivity index (χ1n) is 12.0. The first-order valence-corrected chi connectivity index (χ1v) is 13.4. The highest BCUT2D eigenvalue weighted by Crippen LogP contribution is 2.24. The Hall–Kier alpha value is -3.28. The van der Waals surface area contributed by atoms with Gasteiger partial charge in [-0.25, -0.2) is 13.1 Å². The van der Waals surface area contributed by atoms with E-state index in [-0.39, 0.29) is 42.2 Å². The summed E-state index contributed by atoms with van der Waals surface area (Å²) in [4.78, 5) is 38.7. The van der Waals surface area contributed by atoms with Crippen molar-refractivity contribution in [3.8, 4) is 5.75 Å². The number of sulfonamides is 1. The van der Waals surface area contributed by atoms with Crippen LogP contribution in [0.2, 0.25) is 0 Å². The lowest BCUT2D eigenvalue weighted by Crippen LogP contribution is -2.50. The highest BCUT2D eigenvalue weighted by atomic mass is 32.2. The third-order valence-corrected chi connectivity index (χ3v) is 6.55. The molecule has 0 aromatic heterocycles. The zero-order valence-corrected chi connectivity index (χ0v) is 22.5. The summed E-state index contributed by atoms with van der Waals surface area (Å²) < 4.78 is 33.7. The van der Waals surface area contributed by atoms with E-state index in [2.05, 4.69) is 15.4 Å². The Balaban J connectivity index is 1.93. The van der Waals surface area contributed by atoms with Crippen LogP contribution in [-0.4, -0.2) is 70.7 Å². The van der Waals surface area contributed by atoms with Gasteiger partial charge in [-0.2, -0.15) is 0 Å². The van der Waals surface area contributed by atoms with Gasteiger partial charge in [0.05, 0.1) is 19.6 Å². The number of ether oxygens (including phenoxy) is 1. The molecule has 37 heavy (non-hydrogen) atoms. The van der Waals surface area contributed by atoms with Crippen LogP contribution >= 0.6 is 0 Å². The van der Waals surface area contributed by atoms with Gasteiger partial charge in [-0.15, -0.1) is 0 Å². The van der Waals surface area contributed by atoms with Gasteiger partial charge >= 0.3 is 0 Å². The SMILES string of the molecule is CC(C)C[C@H](NC(=O)CN(C)C)C(=O)NCC(=O)CNS(=O)(=O)c1ccccc1OCc1ccccc1. The molecule has 0 spiro atoms. The summed E-state index contributed by atoms with van der Waals surface area (Å²) in [7, 11) is -0.577. The second kappa shape index (κ2) is 14.5. The van der Waals surface area contributed by atoms with Crippen LogP contribution in [-0.2, 0) is 31.0 Å². The normalized spacial score (nSPS) is 12.3. The van der Waals surface area contributed by atoms with E-state index in [1.165, 1.54) is 6.07 Å². The Morgan fingerprint density at radius 3 is 2.24 bits per heavy atom. The molecule has 0 aliphatic rings. The molecule has 0 saturated carbocycles. The first-order chi connectivity index (χ1) is 17.5. The summed E-state index contributed by atoms with van der Waals surface area (Å²) in [6.45, 7) is 3.24. The van der Waals surface area contributed by atoms with Crippen LogP contribution in [0.1, 0.15) is 25.8 Å². The molecular weight excluding hydrogens is 496 g/mol. The molecule has 0 heterocycles. The van der Waals surface area contributed by atoms with Crippen LogP contribution in [0, 0.1) is 5.92 Å². The van der Waals surface area contributed by atoms with Gasteiger partial charge in [-0.05, 0) is 44.1 Å². The molecule has 0 saturated heterocycles. The maximum Gasteiger partial charge on any atom is 0.244 e. The van der Waals surface area contributed by atoms with Gasteiger partial charge in [0.1, 0.15) is 23.3 Å². The molecule has 0 aliphatic heterocycles. The van der Waals surface area contributed by atoms with Crippen molar-refractivity contribution in [2.45, 2.75) is 37.8 Å². The van der Waals surface area contributed by atoms with Crippen LogP contribution in [0.25, 0.3) is 0 Å². The van der Waals surface area contributed by atoms with Crippen molar-refractivity contribution in [2.75, 3.05) is 33.7 Å². The molecule has 0 aliphatic carbocycles. The van der Waals surface area contributed by atoms with Crippen molar-refractivity contribution in [1.82, 2.24) is 20.3 Å². The lowest BCUT2D eigenvalue weighted by atomic mass is 10.0. The van der Waals surface area contributed by atoms with Crippen LogP contribution in [0.3, 0.4) is 0 Å². The Morgan fingerprint density at radius 1 is 0.946 bits per heavy atom. The van der Waals surface area contributed by atoms with Gasteiger partial charge < -0.3 is 20.3 Å². The molecule has 202 valence electrons. The Labute approximate surface area is 218 Å². The topological polar surface area (TPSA) is 134 Å². The fraction of sp³-hybridized carbons (Fsp3) is 0.423. The standard InChI is InChI=1S/C26H36N4O6S/c1-19(2)14-22(29-25(32)17-30(3)4)26(33)27-15-21(31)16-28-37(34,35)24-13-9-8-12-23(24)36-18-20-10-6-5-7-11-20/h5-13,19,22,28H,14-18H2,1-4H3,(H,27,33)(H,29,32)/t22-/m0/s1. The van der Waals surface area contributed by atoms with E-state index < -0.39 is 34.3 Å². The largest absolute Gasteiger partial charge is 0.487 e. The van der Waals surface area contributed by atoms with Crippen molar-refractivity contribution in [1.29, 1.82) is 0 Å². The molecule has 10 nitrogen and oxygen atoms in total. The molecule has 0 bridgehead atoms. The maximum atomic E-state index is 12.9. The molecule has 0 radical (unpaired) electrons. The summed E-state index contributed by atoms with van der Waals surface area (Å²) in [6.07, 6.45) is 0.394. The van der Waals surface area contributed by atoms with Crippen LogP contribution in [0.15, 0.2) is 59.5 Å². The summed E-state index contributed by atoms with van der Waals surface area (Å²) in [5, 5.41) is 5.18. The van der Waals surface area contributed by atoms with E-state index in [9.17, 15) is 22.8 Å². The fourth-order valence-corrected chi connectivity index (χ4v) is 4.54. The van der Waals surface area contributed by atoms with Crippen molar-refractivity contribution >= 4 is 27.6 Å². The lowest BCUT2D eigenvalue weighted by Gasteiger charge is -2.21. The van der Waals surface area contributed by atoms with Gasteiger partial charge in [-0.3, -0.25) is 14.4 Å². The summed E-state index contributed by atoms with van der Waals surface area (Å²) in [6, 6.07) is 14.7. The minimum Gasteiger partial charge on any atom is -0.487 e. The monoisotopic (exact) mass is 532 g/mol. The summed E-state index contributed by atoms with van der Waals surface area (Å²) in [5.41, 5.74) is 0.877. The quantitative estimate of drug-likeness (QED) is 0.315. The molecule has 0 unspecified atom stereocenters. The Morgan fingerprint density at radius 2 is 1.59 bits per heavy atom. The number of hydrogen-bond donors (Lipinski definition) is 3. The summed E-state index contributed by atoms with van der Waals surface area (Å²) >= 11 is 0. The van der Waals surface area contributed by atoms with E-state index in [4.69, 9.17) is 4.74 Å². The van der Waals surface area contributed by atoms with Gasteiger partial charge in [-0.1, -0.05) is 56.3 Å². The highest BCUT2D eigenvalue weighted by molar-refractivity contribution is 7.89. The Bertz CT molecular complexity index is 1150. The number of rotatable bonds is 15. The zero-order valence-electron chi connectivity index (χ0n) is 21.7. The van der Waals surface area contributed by atoms with Crippen molar-refractivity contribution in [2.24, 2.45) is 5.92 Å². The Kier molecular flexibility index (Phi) is 11.7. The molecule has 2 aromatic carbocycles. The number of amides is 2. The number of hydrogen-bond acceptors (Lipinski definition) is 7. The van der Waals surface area contributed by atoms with Gasteiger partial charge in [0, 0.05) is 0 Å². The number of Topliss-reactive ketones (excluding diaryl/α,β-unsaturated/α-hetero) is 1. The first kappa shape index (κ1) is 29.9. The molecule has 2 aromatic rings. The average Bonchev–Trinajstić information content (AvgIpc) is 2.84. The second-order valence-electron chi connectivity index (χ2n) is 9.29. The van der Waals surface area contributed by atoms with E-state index in [1.54, 1.807) is 37.2 Å². The highest BCUT2D eigenvalue weighted by Gasteiger charge is 2.24. The van der Waals surface area contributed by atoms with E-state index >= 15 is 0 Å². The third kappa shape index (κ3) is 10.7. The number of benzene rings is 2. The van der Waals surface area contributed by atoms with Gasteiger partial charge in [0.2, 0.25) is 21.8 Å². The molecule has 3 N–H and O–H groups in total. The average molecular weight is 533 g/mol. The predicted octanol–water partition coefficient (Wildman–Crippen LogP) is 1.32. The van der Waals surface area contributed by atoms with Gasteiger partial charge in [0.15, 0.2) is 5.78 Å². The zero-order chi connectivity index (χ0) is 27.4. The number of carbonyl (C=O) groups is 3. The molecule has 11 heteroatoms. The lowest BCUT2D eigenvalue weighted by molar-refractivity contribution is -0.130. The number of ketones is 1.